The third kappa shape index (κ3) is 5.90. The molecule has 0 bridgehead atoms. The Labute approximate surface area is 163 Å². The van der Waals surface area contributed by atoms with Crippen LogP contribution in [0.3, 0.4) is 0 Å². The van der Waals surface area contributed by atoms with E-state index < -0.39 is 0 Å². The number of nitrogens with one attached hydrogen (secondary N) is 1. The Morgan fingerprint density at radius 1 is 1.07 bits per heavy atom. The average Bonchev–Trinajstić information content (AvgIpc) is 2.70. The minimum absolute atomic E-state index is 0.00648. The van der Waals surface area contributed by atoms with E-state index in [1.54, 1.807) is 0 Å². The number of amides is 1. The van der Waals surface area contributed by atoms with Crippen LogP contribution in [0.5, 0.6) is 0 Å². The van der Waals surface area contributed by atoms with E-state index in [2.05, 4.69) is 29.3 Å². The van der Waals surface area contributed by atoms with Crippen molar-refractivity contribution in [2.75, 3.05) is 19.6 Å². The zero-order valence-electron chi connectivity index (χ0n) is 16.8. The van der Waals surface area contributed by atoms with Gasteiger partial charge in [0.05, 0.1) is 0 Å². The molecule has 1 aliphatic heterocycles. The van der Waals surface area contributed by atoms with E-state index in [1.807, 2.05) is 6.07 Å². The number of hydrogen-bond donors (Lipinski definition) is 1. The fourth-order valence-electron chi connectivity index (χ4n) is 4.37. The molecule has 1 N–H and O–H groups in total. The number of hydrogen-bond acceptors (Lipinski definition) is 3. The first-order chi connectivity index (χ1) is 13.1. The van der Waals surface area contributed by atoms with Crippen molar-refractivity contribution in [2.24, 2.45) is 0 Å². The summed E-state index contributed by atoms with van der Waals surface area (Å²) in [5.41, 5.74) is 3.48. The number of carbonyl (C=O) groups is 2. The highest BCUT2D eigenvalue weighted by Crippen LogP contribution is 2.23. The molecular weight excluding hydrogens is 336 g/mol. The predicted molar refractivity (Wildman–Crippen MR) is 109 cm³/mol. The second-order valence-electron chi connectivity index (χ2n) is 8.20. The van der Waals surface area contributed by atoms with Crippen LogP contribution in [-0.4, -0.2) is 42.3 Å². The molecule has 1 amide bonds. The van der Waals surface area contributed by atoms with Gasteiger partial charge in [0, 0.05) is 37.5 Å². The third-order valence-electron chi connectivity index (χ3n) is 6.13. The van der Waals surface area contributed by atoms with Crippen molar-refractivity contribution in [2.45, 2.75) is 77.2 Å². The maximum atomic E-state index is 12.4. The molecule has 3 rings (SSSR count). The van der Waals surface area contributed by atoms with E-state index in [4.69, 9.17) is 0 Å². The number of ketones is 1. The Morgan fingerprint density at radius 2 is 1.89 bits per heavy atom. The smallest absolute Gasteiger partial charge is 0.220 e. The second kappa shape index (κ2) is 10.0. The van der Waals surface area contributed by atoms with Gasteiger partial charge in [-0.25, -0.2) is 0 Å². The minimum atomic E-state index is -0.00648. The lowest BCUT2D eigenvalue weighted by Gasteiger charge is -2.33. The van der Waals surface area contributed by atoms with Crippen LogP contribution in [0.2, 0.25) is 0 Å². The molecule has 2 aliphatic rings. The predicted octanol–water partition coefficient (Wildman–Crippen LogP) is 3.91. The van der Waals surface area contributed by atoms with E-state index in [9.17, 15) is 9.59 Å². The van der Waals surface area contributed by atoms with Gasteiger partial charge in [-0.05, 0) is 75.6 Å². The molecule has 1 fully saturated rings. The number of carbonyl (C=O) groups excluding carboxylic acids is 2. The number of nitrogens with zero attached hydrogens (tertiary/aromatic N) is 1. The SMILES string of the molecule is CC1CCCCN1CCCNC(=O)CCC(=O)c1ccc2c(c1)CCCC2. The van der Waals surface area contributed by atoms with Crippen LogP contribution in [0.1, 0.15) is 79.8 Å². The molecule has 1 heterocycles. The molecular formula is C23H34N2O2. The number of fused-ring (bicyclic) bond motifs is 1. The number of piperidine rings is 1. The molecule has 1 aliphatic carbocycles. The Hall–Kier alpha value is -1.68. The van der Waals surface area contributed by atoms with Crippen LogP contribution in [0.4, 0.5) is 0 Å². The van der Waals surface area contributed by atoms with Crippen LogP contribution in [0.15, 0.2) is 18.2 Å². The van der Waals surface area contributed by atoms with Gasteiger partial charge in [0.25, 0.3) is 0 Å². The first-order valence-electron chi connectivity index (χ1n) is 10.8. The molecule has 4 nitrogen and oxygen atoms in total. The normalized spacial score (nSPS) is 20.1. The number of rotatable bonds is 8. The van der Waals surface area contributed by atoms with Gasteiger partial charge in [0.1, 0.15) is 0 Å². The van der Waals surface area contributed by atoms with E-state index in [0.717, 1.165) is 31.4 Å². The summed E-state index contributed by atoms with van der Waals surface area (Å²) in [6.45, 7) is 5.24. The van der Waals surface area contributed by atoms with E-state index in [0.29, 0.717) is 19.0 Å². The zero-order valence-corrected chi connectivity index (χ0v) is 16.8. The fourth-order valence-corrected chi connectivity index (χ4v) is 4.37. The van der Waals surface area contributed by atoms with Crippen LogP contribution in [0, 0.1) is 0 Å². The lowest BCUT2D eigenvalue weighted by atomic mass is 9.89. The van der Waals surface area contributed by atoms with Gasteiger partial charge < -0.3 is 10.2 Å². The number of Topliss-reactive ketones (excluding diaryl/α,β-unsaturated/α-hetero) is 1. The maximum Gasteiger partial charge on any atom is 0.220 e. The fraction of sp³-hybridized carbons (Fsp3) is 0.652. The Balaban J connectivity index is 1.34. The van der Waals surface area contributed by atoms with Crippen molar-refractivity contribution in [3.63, 3.8) is 0 Å². The molecule has 1 saturated heterocycles. The monoisotopic (exact) mass is 370 g/mol. The van der Waals surface area contributed by atoms with Gasteiger partial charge in [0.2, 0.25) is 5.91 Å². The summed E-state index contributed by atoms with van der Waals surface area (Å²) in [5.74, 6) is 0.0775. The van der Waals surface area contributed by atoms with Gasteiger partial charge in [0.15, 0.2) is 5.78 Å². The van der Waals surface area contributed by atoms with E-state index in [1.165, 1.54) is 49.8 Å². The largest absolute Gasteiger partial charge is 0.356 e. The molecule has 148 valence electrons. The first-order valence-corrected chi connectivity index (χ1v) is 10.8. The summed E-state index contributed by atoms with van der Waals surface area (Å²) in [7, 11) is 0. The summed E-state index contributed by atoms with van der Waals surface area (Å²) >= 11 is 0. The minimum Gasteiger partial charge on any atom is -0.356 e. The van der Waals surface area contributed by atoms with Crippen molar-refractivity contribution in [1.29, 1.82) is 0 Å². The molecule has 1 aromatic carbocycles. The summed E-state index contributed by atoms with van der Waals surface area (Å²) < 4.78 is 0. The van der Waals surface area contributed by atoms with Crippen LogP contribution >= 0.6 is 0 Å². The highest BCUT2D eigenvalue weighted by atomic mass is 16.2. The summed E-state index contributed by atoms with van der Waals surface area (Å²) in [4.78, 5) is 27.0. The van der Waals surface area contributed by atoms with Gasteiger partial charge in [-0.15, -0.1) is 0 Å². The molecule has 0 spiro atoms. The van der Waals surface area contributed by atoms with Crippen molar-refractivity contribution in [3.05, 3.63) is 34.9 Å². The lowest BCUT2D eigenvalue weighted by molar-refractivity contribution is -0.121. The zero-order chi connectivity index (χ0) is 19.1. The standard InChI is InChI=1S/C23H34N2O2/c1-18-7-4-5-15-25(18)16-6-14-24-23(27)13-12-22(26)21-11-10-19-8-2-3-9-20(19)17-21/h10-11,17-18H,2-9,12-16H2,1H3,(H,24,27). The number of benzene rings is 1. The van der Waals surface area contributed by atoms with Gasteiger partial charge in [-0.3, -0.25) is 9.59 Å². The third-order valence-corrected chi connectivity index (χ3v) is 6.13. The average molecular weight is 371 g/mol. The number of likely N-dealkylation sites (tertiary alicyclic amines) is 1. The molecule has 0 radical (unpaired) electrons. The summed E-state index contributed by atoms with van der Waals surface area (Å²) in [6, 6.07) is 6.76. The van der Waals surface area contributed by atoms with Crippen molar-refractivity contribution in [1.82, 2.24) is 10.2 Å². The first kappa shape index (κ1) is 20.1. The highest BCUT2D eigenvalue weighted by molar-refractivity contribution is 5.98. The van der Waals surface area contributed by atoms with E-state index >= 15 is 0 Å². The maximum absolute atomic E-state index is 12.4. The molecule has 0 aromatic heterocycles. The molecule has 1 atom stereocenters. The molecule has 1 unspecified atom stereocenters. The Kier molecular flexibility index (Phi) is 7.45. The van der Waals surface area contributed by atoms with Crippen molar-refractivity contribution >= 4 is 11.7 Å². The van der Waals surface area contributed by atoms with Gasteiger partial charge >= 0.3 is 0 Å². The van der Waals surface area contributed by atoms with Crippen molar-refractivity contribution in [3.8, 4) is 0 Å². The number of aryl methyl sites for hydroxylation is 2. The van der Waals surface area contributed by atoms with Gasteiger partial charge in [-0.1, -0.05) is 18.6 Å². The highest BCUT2D eigenvalue weighted by Gasteiger charge is 2.17. The lowest BCUT2D eigenvalue weighted by Crippen LogP contribution is -2.39. The topological polar surface area (TPSA) is 49.4 Å². The van der Waals surface area contributed by atoms with Crippen LogP contribution in [-0.2, 0) is 17.6 Å². The van der Waals surface area contributed by atoms with E-state index in [-0.39, 0.29) is 18.1 Å². The molecule has 27 heavy (non-hydrogen) atoms. The molecule has 4 heteroatoms. The van der Waals surface area contributed by atoms with Crippen LogP contribution in [0.25, 0.3) is 0 Å². The van der Waals surface area contributed by atoms with Gasteiger partial charge in [-0.2, -0.15) is 0 Å². The summed E-state index contributed by atoms with van der Waals surface area (Å²) in [5, 5.41) is 2.98. The molecule has 0 saturated carbocycles. The Morgan fingerprint density at radius 3 is 2.70 bits per heavy atom. The van der Waals surface area contributed by atoms with Crippen molar-refractivity contribution < 1.29 is 9.59 Å². The second-order valence-corrected chi connectivity index (χ2v) is 8.20. The summed E-state index contributed by atoms with van der Waals surface area (Å²) in [6.07, 6.45) is 10.2. The molecule has 1 aromatic rings. The van der Waals surface area contributed by atoms with Crippen LogP contribution < -0.4 is 5.32 Å². The Bertz CT molecular complexity index is 656. The quantitative estimate of drug-likeness (QED) is 0.557.